The van der Waals surface area contributed by atoms with Crippen LogP contribution in [0.5, 0.6) is 5.75 Å². The normalized spacial score (nSPS) is 18.5. The lowest BCUT2D eigenvalue weighted by Crippen LogP contribution is -2.27. The number of aromatic nitrogens is 2. The molecule has 4 nitrogen and oxygen atoms in total. The summed E-state index contributed by atoms with van der Waals surface area (Å²) < 4.78 is 7.65. The van der Waals surface area contributed by atoms with Crippen LogP contribution >= 0.6 is 11.6 Å². The van der Waals surface area contributed by atoms with Gasteiger partial charge in [0.2, 0.25) is 5.95 Å². The Labute approximate surface area is 168 Å². The molecule has 3 aromatic carbocycles. The number of benzene rings is 3. The lowest BCUT2D eigenvalue weighted by atomic mass is 9.93. The van der Waals surface area contributed by atoms with Crippen molar-refractivity contribution in [2.75, 3.05) is 12.4 Å². The van der Waals surface area contributed by atoms with Crippen LogP contribution in [0.2, 0.25) is 5.02 Å². The van der Waals surface area contributed by atoms with Crippen molar-refractivity contribution in [3.8, 4) is 5.75 Å². The van der Waals surface area contributed by atoms with Gasteiger partial charge in [0.05, 0.1) is 30.2 Å². The van der Waals surface area contributed by atoms with Gasteiger partial charge in [-0.25, -0.2) is 4.98 Å². The van der Waals surface area contributed by atoms with Gasteiger partial charge in [0.25, 0.3) is 0 Å². The van der Waals surface area contributed by atoms with Crippen LogP contribution in [0.4, 0.5) is 5.95 Å². The third-order valence-electron chi connectivity index (χ3n) is 5.44. The lowest BCUT2D eigenvalue weighted by Gasteiger charge is -2.33. The molecule has 0 saturated carbocycles. The van der Waals surface area contributed by atoms with Gasteiger partial charge >= 0.3 is 0 Å². The van der Waals surface area contributed by atoms with Crippen molar-refractivity contribution in [2.45, 2.75) is 18.5 Å². The van der Waals surface area contributed by atoms with E-state index in [9.17, 15) is 0 Å². The third-order valence-corrected chi connectivity index (χ3v) is 5.69. The molecule has 5 heteroatoms. The number of imidazole rings is 1. The van der Waals surface area contributed by atoms with E-state index >= 15 is 0 Å². The number of methoxy groups -OCH3 is 1. The van der Waals surface area contributed by atoms with E-state index in [1.165, 1.54) is 11.1 Å². The zero-order valence-electron chi connectivity index (χ0n) is 15.5. The van der Waals surface area contributed by atoms with E-state index in [0.29, 0.717) is 0 Å². The second kappa shape index (κ2) is 6.88. The highest BCUT2D eigenvalue weighted by Crippen LogP contribution is 2.41. The fraction of sp³-hybridized carbons (Fsp3) is 0.174. The molecule has 0 aliphatic carbocycles. The largest absolute Gasteiger partial charge is 0.497 e. The van der Waals surface area contributed by atoms with Crippen LogP contribution in [0.25, 0.3) is 11.0 Å². The number of rotatable bonds is 3. The Hall–Kier alpha value is -2.98. The summed E-state index contributed by atoms with van der Waals surface area (Å²) >= 11 is 6.09. The van der Waals surface area contributed by atoms with Gasteiger partial charge in [-0.1, -0.05) is 48.0 Å². The highest BCUT2D eigenvalue weighted by Gasteiger charge is 2.30. The molecular formula is C23H20ClN3O. The van der Waals surface area contributed by atoms with Gasteiger partial charge in [-0.2, -0.15) is 0 Å². The summed E-state index contributed by atoms with van der Waals surface area (Å²) in [5.41, 5.74) is 4.59. The number of ether oxygens (including phenoxy) is 1. The first-order valence-corrected chi connectivity index (χ1v) is 9.73. The fourth-order valence-electron chi connectivity index (χ4n) is 4.03. The Kier molecular flexibility index (Phi) is 4.21. The van der Waals surface area contributed by atoms with Crippen LogP contribution in [-0.4, -0.2) is 16.7 Å². The Morgan fingerprint density at radius 2 is 1.68 bits per heavy atom. The zero-order chi connectivity index (χ0) is 19.1. The molecule has 0 saturated heterocycles. The van der Waals surface area contributed by atoms with Crippen molar-refractivity contribution in [1.82, 2.24) is 9.55 Å². The van der Waals surface area contributed by atoms with Crippen molar-refractivity contribution in [3.05, 3.63) is 88.9 Å². The molecule has 0 radical (unpaired) electrons. The van der Waals surface area contributed by atoms with Gasteiger partial charge in [0.1, 0.15) is 5.75 Å². The molecule has 1 aliphatic rings. The average molecular weight is 390 g/mol. The molecular weight excluding hydrogens is 370 g/mol. The van der Waals surface area contributed by atoms with Gasteiger partial charge < -0.3 is 14.6 Å². The summed E-state index contributed by atoms with van der Waals surface area (Å²) in [6.07, 6.45) is 0.918. The minimum atomic E-state index is 0.161. The summed E-state index contributed by atoms with van der Waals surface area (Å²) in [5.74, 6) is 1.76. The van der Waals surface area contributed by atoms with Gasteiger partial charge in [-0.05, 0) is 53.9 Å². The van der Waals surface area contributed by atoms with E-state index in [4.69, 9.17) is 21.3 Å². The highest BCUT2D eigenvalue weighted by atomic mass is 35.5. The van der Waals surface area contributed by atoms with Crippen LogP contribution in [-0.2, 0) is 0 Å². The second-order valence-electron chi connectivity index (χ2n) is 7.07. The molecule has 0 amide bonds. The topological polar surface area (TPSA) is 39.1 Å². The van der Waals surface area contributed by atoms with E-state index in [0.717, 1.165) is 34.2 Å². The van der Waals surface area contributed by atoms with Crippen molar-refractivity contribution in [2.24, 2.45) is 0 Å². The summed E-state index contributed by atoms with van der Waals surface area (Å²) in [6.45, 7) is 0. The van der Waals surface area contributed by atoms with Gasteiger partial charge in [0, 0.05) is 5.02 Å². The van der Waals surface area contributed by atoms with Crippen molar-refractivity contribution >= 4 is 28.6 Å². The molecule has 2 heterocycles. The average Bonchev–Trinajstić information content (AvgIpc) is 3.12. The third kappa shape index (κ3) is 2.90. The van der Waals surface area contributed by atoms with Gasteiger partial charge in [0.15, 0.2) is 0 Å². The first-order chi connectivity index (χ1) is 13.7. The van der Waals surface area contributed by atoms with Crippen LogP contribution in [0.1, 0.15) is 29.6 Å². The monoisotopic (exact) mass is 389 g/mol. The molecule has 0 unspecified atom stereocenters. The Balaban J connectivity index is 1.63. The van der Waals surface area contributed by atoms with Crippen molar-refractivity contribution in [3.63, 3.8) is 0 Å². The maximum Gasteiger partial charge on any atom is 0.204 e. The van der Waals surface area contributed by atoms with E-state index in [-0.39, 0.29) is 12.1 Å². The van der Waals surface area contributed by atoms with E-state index in [1.807, 2.05) is 30.3 Å². The second-order valence-corrected chi connectivity index (χ2v) is 7.50. The molecule has 28 heavy (non-hydrogen) atoms. The minimum absolute atomic E-state index is 0.161. The summed E-state index contributed by atoms with van der Waals surface area (Å²) in [4.78, 5) is 4.86. The molecule has 1 N–H and O–H groups in total. The van der Waals surface area contributed by atoms with Crippen LogP contribution in [0.3, 0.4) is 0 Å². The maximum atomic E-state index is 6.09. The van der Waals surface area contributed by atoms with Crippen LogP contribution in [0, 0.1) is 0 Å². The highest BCUT2D eigenvalue weighted by molar-refractivity contribution is 6.30. The smallest absolute Gasteiger partial charge is 0.204 e. The van der Waals surface area contributed by atoms with Crippen LogP contribution in [0.15, 0.2) is 72.8 Å². The molecule has 0 spiro atoms. The molecule has 4 aromatic rings. The summed E-state index contributed by atoms with van der Waals surface area (Å²) in [7, 11) is 1.69. The first-order valence-electron chi connectivity index (χ1n) is 9.36. The fourth-order valence-corrected chi connectivity index (χ4v) is 4.16. The quantitative estimate of drug-likeness (QED) is 0.478. The standard InChI is InChI=1S/C23H20ClN3O/c1-28-18-12-8-16(9-13-18)22-14-20(15-6-10-17(24)11-7-15)26-23-25-19-4-2-3-5-21(19)27(22)23/h2-13,20,22H,14H2,1H3,(H,25,26)/t20-,22+/m1/s1. The number of fused-ring (bicyclic) bond motifs is 3. The number of nitrogens with one attached hydrogen (secondary N) is 1. The molecule has 0 bridgehead atoms. The SMILES string of the molecule is COc1ccc([C@@H]2C[C@H](c3ccc(Cl)cc3)Nc3nc4ccccc4n32)cc1. The Morgan fingerprint density at radius 3 is 2.43 bits per heavy atom. The molecule has 1 aromatic heterocycles. The maximum absolute atomic E-state index is 6.09. The van der Waals surface area contributed by atoms with Gasteiger partial charge in [-0.3, -0.25) is 0 Å². The molecule has 1 aliphatic heterocycles. The number of nitrogens with zero attached hydrogens (tertiary/aromatic N) is 2. The first kappa shape index (κ1) is 17.1. The van der Waals surface area contributed by atoms with Crippen molar-refractivity contribution in [1.29, 1.82) is 0 Å². The summed E-state index contributed by atoms with van der Waals surface area (Å²) in [5, 5.41) is 4.38. The Morgan fingerprint density at radius 1 is 0.964 bits per heavy atom. The Bertz CT molecular complexity index is 1120. The van der Waals surface area contributed by atoms with E-state index in [1.54, 1.807) is 7.11 Å². The molecule has 2 atom stereocenters. The van der Waals surface area contributed by atoms with Crippen molar-refractivity contribution < 1.29 is 4.74 Å². The van der Waals surface area contributed by atoms with Crippen LogP contribution < -0.4 is 10.1 Å². The predicted octanol–water partition coefficient (Wildman–Crippen LogP) is 5.84. The zero-order valence-corrected chi connectivity index (χ0v) is 16.2. The number of hydrogen-bond donors (Lipinski definition) is 1. The predicted molar refractivity (Wildman–Crippen MR) is 113 cm³/mol. The molecule has 5 rings (SSSR count). The van der Waals surface area contributed by atoms with E-state index in [2.05, 4.69) is 52.3 Å². The molecule has 140 valence electrons. The number of anilines is 1. The van der Waals surface area contributed by atoms with E-state index < -0.39 is 0 Å². The molecule has 0 fully saturated rings. The number of hydrogen-bond acceptors (Lipinski definition) is 3. The number of para-hydroxylation sites is 2. The number of halogens is 1. The van der Waals surface area contributed by atoms with Gasteiger partial charge in [-0.15, -0.1) is 0 Å². The lowest BCUT2D eigenvalue weighted by molar-refractivity contribution is 0.414. The minimum Gasteiger partial charge on any atom is -0.497 e. The summed E-state index contributed by atoms with van der Waals surface area (Å²) in [6, 6.07) is 25.0.